The van der Waals surface area contributed by atoms with Crippen LogP contribution in [0.5, 0.6) is 0 Å². The van der Waals surface area contributed by atoms with Gasteiger partial charge in [-0.1, -0.05) is 32.6 Å². The minimum absolute atomic E-state index is 0.0978. The second-order valence-corrected chi connectivity index (χ2v) is 4.12. The van der Waals surface area contributed by atoms with E-state index in [4.69, 9.17) is 0 Å². The van der Waals surface area contributed by atoms with E-state index in [1.165, 1.54) is 32.1 Å². The average molecular weight is 185 g/mol. The summed E-state index contributed by atoms with van der Waals surface area (Å²) in [4.78, 5) is 0. The first-order valence-corrected chi connectivity index (χ1v) is 5.76. The molecule has 0 radical (unpaired) electrons. The molecule has 1 aliphatic carbocycles. The molecule has 13 heavy (non-hydrogen) atoms. The molecule has 0 saturated heterocycles. The van der Waals surface area contributed by atoms with E-state index in [1.807, 2.05) is 0 Å². The van der Waals surface area contributed by atoms with Gasteiger partial charge in [0.15, 0.2) is 0 Å². The highest BCUT2D eigenvalue weighted by molar-refractivity contribution is 4.78. The van der Waals surface area contributed by atoms with Crippen LogP contribution in [-0.4, -0.2) is 23.8 Å². The lowest BCUT2D eigenvalue weighted by Crippen LogP contribution is -2.39. The monoisotopic (exact) mass is 185 g/mol. The molecular weight excluding hydrogens is 162 g/mol. The molecule has 1 aliphatic rings. The summed E-state index contributed by atoms with van der Waals surface area (Å²) in [5.74, 6) is 0. The molecule has 0 amide bonds. The molecule has 0 aromatic rings. The third-order valence-corrected chi connectivity index (χ3v) is 2.92. The summed E-state index contributed by atoms with van der Waals surface area (Å²) < 4.78 is 0. The van der Waals surface area contributed by atoms with Gasteiger partial charge in [-0.05, 0) is 25.8 Å². The Bertz CT molecular complexity index is 127. The zero-order chi connectivity index (χ0) is 9.52. The molecule has 2 atom stereocenters. The van der Waals surface area contributed by atoms with Crippen molar-refractivity contribution in [1.82, 2.24) is 5.32 Å². The summed E-state index contributed by atoms with van der Waals surface area (Å²) in [5, 5.41) is 13.2. The van der Waals surface area contributed by atoms with Crippen molar-refractivity contribution >= 4 is 0 Å². The maximum Gasteiger partial charge on any atom is 0.0693 e. The van der Waals surface area contributed by atoms with Gasteiger partial charge in [-0.3, -0.25) is 0 Å². The smallest absolute Gasteiger partial charge is 0.0693 e. The minimum atomic E-state index is -0.0978. The fourth-order valence-corrected chi connectivity index (χ4v) is 1.99. The normalized spacial score (nSPS) is 30.0. The van der Waals surface area contributed by atoms with Crippen LogP contribution in [0.3, 0.4) is 0 Å². The van der Waals surface area contributed by atoms with Gasteiger partial charge in [-0.15, -0.1) is 0 Å². The first-order chi connectivity index (χ1) is 6.34. The van der Waals surface area contributed by atoms with Crippen molar-refractivity contribution in [2.24, 2.45) is 0 Å². The minimum Gasteiger partial charge on any atom is -0.392 e. The fraction of sp³-hybridized carbons (Fsp3) is 1.00. The van der Waals surface area contributed by atoms with Crippen molar-refractivity contribution in [2.45, 2.75) is 64.0 Å². The van der Waals surface area contributed by atoms with Gasteiger partial charge >= 0.3 is 0 Å². The molecule has 0 heterocycles. The van der Waals surface area contributed by atoms with Crippen molar-refractivity contribution in [3.63, 3.8) is 0 Å². The van der Waals surface area contributed by atoms with Crippen LogP contribution in [0.4, 0.5) is 0 Å². The molecule has 0 bridgehead atoms. The second-order valence-electron chi connectivity index (χ2n) is 4.12. The fourth-order valence-electron chi connectivity index (χ4n) is 1.99. The van der Waals surface area contributed by atoms with Crippen molar-refractivity contribution in [1.29, 1.82) is 0 Å². The topological polar surface area (TPSA) is 32.3 Å². The van der Waals surface area contributed by atoms with Crippen molar-refractivity contribution < 1.29 is 5.11 Å². The summed E-state index contributed by atoms with van der Waals surface area (Å²) in [6.45, 7) is 3.27. The Kier molecular flexibility index (Phi) is 5.40. The van der Waals surface area contributed by atoms with Crippen molar-refractivity contribution in [3.8, 4) is 0 Å². The lowest BCUT2D eigenvalue weighted by atomic mass is 10.1. The van der Waals surface area contributed by atoms with Crippen LogP contribution in [0, 0.1) is 0 Å². The van der Waals surface area contributed by atoms with E-state index in [9.17, 15) is 5.11 Å². The molecule has 1 saturated carbocycles. The molecule has 0 spiro atoms. The van der Waals surface area contributed by atoms with Crippen LogP contribution in [0.15, 0.2) is 0 Å². The molecule has 2 N–H and O–H groups in total. The van der Waals surface area contributed by atoms with Gasteiger partial charge in [0.1, 0.15) is 0 Å². The SMILES string of the molecule is CCCCN[C@H]1CCCCC[C@H]1O. The Hall–Kier alpha value is -0.0800. The van der Waals surface area contributed by atoms with Gasteiger partial charge in [0.25, 0.3) is 0 Å². The highest BCUT2D eigenvalue weighted by Gasteiger charge is 2.20. The third kappa shape index (κ3) is 4.10. The van der Waals surface area contributed by atoms with Crippen molar-refractivity contribution in [2.75, 3.05) is 6.54 Å². The van der Waals surface area contributed by atoms with Gasteiger partial charge in [0.2, 0.25) is 0 Å². The number of hydrogen-bond acceptors (Lipinski definition) is 2. The first-order valence-electron chi connectivity index (χ1n) is 5.76. The second kappa shape index (κ2) is 6.39. The Labute approximate surface area is 81.7 Å². The summed E-state index contributed by atoms with van der Waals surface area (Å²) in [7, 11) is 0. The van der Waals surface area contributed by atoms with Crippen LogP contribution < -0.4 is 5.32 Å². The van der Waals surface area contributed by atoms with Crippen LogP contribution >= 0.6 is 0 Å². The third-order valence-electron chi connectivity index (χ3n) is 2.92. The van der Waals surface area contributed by atoms with Gasteiger partial charge in [0.05, 0.1) is 6.10 Å². The summed E-state index contributed by atoms with van der Waals surface area (Å²) in [6, 6.07) is 0.369. The molecule has 1 fully saturated rings. The van der Waals surface area contributed by atoms with Gasteiger partial charge in [-0.25, -0.2) is 0 Å². The van der Waals surface area contributed by atoms with Crippen LogP contribution in [0.1, 0.15) is 51.9 Å². The Morgan fingerprint density at radius 1 is 1.23 bits per heavy atom. The molecule has 1 rings (SSSR count). The number of unbranched alkanes of at least 4 members (excludes halogenated alkanes) is 1. The van der Waals surface area contributed by atoms with Crippen LogP contribution in [0.25, 0.3) is 0 Å². The van der Waals surface area contributed by atoms with E-state index < -0.39 is 0 Å². The summed E-state index contributed by atoms with van der Waals surface area (Å²) >= 11 is 0. The van der Waals surface area contributed by atoms with Crippen molar-refractivity contribution in [3.05, 3.63) is 0 Å². The van der Waals surface area contributed by atoms with E-state index in [1.54, 1.807) is 0 Å². The molecule has 78 valence electrons. The molecule has 2 nitrogen and oxygen atoms in total. The average Bonchev–Trinajstić information content (AvgIpc) is 2.32. The standard InChI is InChI=1S/C11H23NO/c1-2-3-9-12-10-7-5-4-6-8-11(10)13/h10-13H,2-9H2,1H3/t10-,11+/m0/s1. The highest BCUT2D eigenvalue weighted by atomic mass is 16.3. The summed E-state index contributed by atoms with van der Waals surface area (Å²) in [5.41, 5.74) is 0. The van der Waals surface area contributed by atoms with Gasteiger partial charge in [-0.2, -0.15) is 0 Å². The van der Waals surface area contributed by atoms with Gasteiger partial charge < -0.3 is 10.4 Å². The largest absolute Gasteiger partial charge is 0.392 e. The Balaban J connectivity index is 2.19. The van der Waals surface area contributed by atoms with E-state index in [0.29, 0.717) is 6.04 Å². The van der Waals surface area contributed by atoms with Crippen LogP contribution in [0.2, 0.25) is 0 Å². The molecule has 0 aromatic carbocycles. The van der Waals surface area contributed by atoms with Crippen LogP contribution in [-0.2, 0) is 0 Å². The molecule has 2 heteroatoms. The number of aliphatic hydroxyl groups is 1. The first kappa shape index (κ1) is 11.0. The maximum absolute atomic E-state index is 9.79. The molecular formula is C11H23NO. The van der Waals surface area contributed by atoms with E-state index in [0.717, 1.165) is 19.4 Å². The Morgan fingerprint density at radius 2 is 2.00 bits per heavy atom. The number of hydrogen-bond donors (Lipinski definition) is 2. The lowest BCUT2D eigenvalue weighted by molar-refractivity contribution is 0.120. The zero-order valence-corrected chi connectivity index (χ0v) is 8.76. The number of nitrogens with one attached hydrogen (secondary N) is 1. The van der Waals surface area contributed by atoms with E-state index >= 15 is 0 Å². The molecule has 0 aromatic heterocycles. The zero-order valence-electron chi connectivity index (χ0n) is 8.76. The predicted molar refractivity (Wildman–Crippen MR) is 55.8 cm³/mol. The predicted octanol–water partition coefficient (Wildman–Crippen LogP) is 2.07. The van der Waals surface area contributed by atoms with E-state index in [-0.39, 0.29) is 6.10 Å². The van der Waals surface area contributed by atoms with E-state index in [2.05, 4.69) is 12.2 Å². The quantitative estimate of drug-likeness (QED) is 0.519. The van der Waals surface area contributed by atoms with Gasteiger partial charge in [0, 0.05) is 6.04 Å². The Morgan fingerprint density at radius 3 is 2.77 bits per heavy atom. The number of rotatable bonds is 4. The number of aliphatic hydroxyl groups excluding tert-OH is 1. The molecule has 0 aliphatic heterocycles. The lowest BCUT2D eigenvalue weighted by Gasteiger charge is -2.21. The maximum atomic E-state index is 9.79. The highest BCUT2D eigenvalue weighted by Crippen LogP contribution is 2.17. The molecule has 0 unspecified atom stereocenters. The summed E-state index contributed by atoms with van der Waals surface area (Å²) in [6.07, 6.45) is 8.28.